The summed E-state index contributed by atoms with van der Waals surface area (Å²) in [6, 6.07) is 9.14. The molecule has 0 atom stereocenters. The van der Waals surface area contributed by atoms with Crippen molar-refractivity contribution in [2.45, 2.75) is 0 Å². The van der Waals surface area contributed by atoms with Gasteiger partial charge in [-0.3, -0.25) is 4.99 Å². The Bertz CT molecular complexity index is 858. The minimum atomic E-state index is -0.384. The summed E-state index contributed by atoms with van der Waals surface area (Å²) in [5.41, 5.74) is 1.62. The van der Waals surface area contributed by atoms with Gasteiger partial charge < -0.3 is 10.1 Å². The number of rotatable bonds is 2. The molecule has 3 aromatic rings. The fourth-order valence-electron chi connectivity index (χ4n) is 2.01. The quantitative estimate of drug-likeness (QED) is 0.636. The number of hydrogen-bond donors (Lipinski definition) is 2. The highest BCUT2D eigenvalue weighted by atomic mass is 35.5. The molecule has 0 bridgehead atoms. The fourth-order valence-corrected chi connectivity index (χ4v) is 2.30. The first-order valence-corrected chi connectivity index (χ1v) is 6.79. The molecule has 0 fully saturated rings. The minimum Gasteiger partial charge on any atom is -0.494 e. The predicted octanol–water partition coefficient (Wildman–Crippen LogP) is 5.07. The smallest absolute Gasteiger partial charge is 0.198 e. The first-order valence-electron chi connectivity index (χ1n) is 6.04. The van der Waals surface area contributed by atoms with E-state index in [1.165, 1.54) is 18.3 Å². The molecule has 0 amide bonds. The molecule has 1 heterocycles. The molecule has 0 radical (unpaired) electrons. The number of nitrogens with one attached hydrogen (secondary N) is 1. The summed E-state index contributed by atoms with van der Waals surface area (Å²) < 4.78 is 13.3. The standard InChI is InChI=1S/C15H9Cl2FN2O/c16-12-3-2-9(6-13(12)17)19-7-11-10-5-8(18)1-4-14(10)20-15(11)21/h1-7,20-21H. The van der Waals surface area contributed by atoms with Gasteiger partial charge >= 0.3 is 0 Å². The number of aromatic amines is 1. The number of nitrogens with zero attached hydrogens (tertiary/aromatic N) is 1. The molecule has 6 heteroatoms. The zero-order valence-electron chi connectivity index (χ0n) is 10.6. The second-order valence-electron chi connectivity index (χ2n) is 4.43. The number of benzene rings is 2. The highest BCUT2D eigenvalue weighted by Crippen LogP contribution is 2.29. The summed E-state index contributed by atoms with van der Waals surface area (Å²) in [6.07, 6.45) is 1.45. The van der Waals surface area contributed by atoms with E-state index in [4.69, 9.17) is 23.2 Å². The van der Waals surface area contributed by atoms with Gasteiger partial charge in [0.2, 0.25) is 0 Å². The van der Waals surface area contributed by atoms with E-state index in [0.717, 1.165) is 0 Å². The zero-order valence-corrected chi connectivity index (χ0v) is 12.1. The van der Waals surface area contributed by atoms with E-state index in [1.807, 2.05) is 0 Å². The van der Waals surface area contributed by atoms with Crippen molar-refractivity contribution < 1.29 is 9.50 Å². The lowest BCUT2D eigenvalue weighted by Crippen LogP contribution is -1.80. The van der Waals surface area contributed by atoms with Crippen LogP contribution in [-0.4, -0.2) is 16.3 Å². The fraction of sp³-hybridized carbons (Fsp3) is 0. The molecule has 106 valence electrons. The Labute approximate surface area is 129 Å². The van der Waals surface area contributed by atoms with Crippen LogP contribution in [0, 0.1) is 5.82 Å². The van der Waals surface area contributed by atoms with Crippen LogP contribution in [0.25, 0.3) is 10.9 Å². The molecule has 3 nitrogen and oxygen atoms in total. The van der Waals surface area contributed by atoms with Gasteiger partial charge in [0.1, 0.15) is 5.82 Å². The van der Waals surface area contributed by atoms with E-state index in [1.54, 1.807) is 24.3 Å². The van der Waals surface area contributed by atoms with Crippen LogP contribution < -0.4 is 0 Å². The van der Waals surface area contributed by atoms with Crippen LogP contribution in [0.15, 0.2) is 41.4 Å². The van der Waals surface area contributed by atoms with Gasteiger partial charge in [-0.05, 0) is 36.4 Å². The van der Waals surface area contributed by atoms with Gasteiger partial charge in [0.05, 0.1) is 21.3 Å². The van der Waals surface area contributed by atoms with Crippen molar-refractivity contribution in [3.63, 3.8) is 0 Å². The van der Waals surface area contributed by atoms with Crippen LogP contribution in [-0.2, 0) is 0 Å². The zero-order chi connectivity index (χ0) is 15.0. The number of hydrogen-bond acceptors (Lipinski definition) is 2. The molecule has 0 aliphatic heterocycles. The Morgan fingerprint density at radius 3 is 2.67 bits per heavy atom. The van der Waals surface area contributed by atoms with Gasteiger partial charge in [-0.25, -0.2) is 4.39 Å². The Hall–Kier alpha value is -2.04. The highest BCUT2D eigenvalue weighted by Gasteiger charge is 2.09. The van der Waals surface area contributed by atoms with E-state index in [2.05, 4.69) is 9.98 Å². The second kappa shape index (κ2) is 5.39. The number of aromatic hydroxyl groups is 1. The number of fused-ring (bicyclic) bond motifs is 1. The molecule has 2 aromatic carbocycles. The third-order valence-corrected chi connectivity index (χ3v) is 3.76. The molecular weight excluding hydrogens is 314 g/mol. The average Bonchev–Trinajstić information content (AvgIpc) is 2.75. The van der Waals surface area contributed by atoms with Crippen molar-refractivity contribution in [2.24, 2.45) is 4.99 Å². The first kappa shape index (κ1) is 13.9. The van der Waals surface area contributed by atoms with Crippen LogP contribution in [0.1, 0.15) is 5.56 Å². The maximum Gasteiger partial charge on any atom is 0.198 e. The molecule has 0 aliphatic rings. The van der Waals surface area contributed by atoms with Gasteiger partial charge in [0, 0.05) is 17.1 Å². The summed E-state index contributed by atoms with van der Waals surface area (Å²) >= 11 is 11.7. The summed E-state index contributed by atoms with van der Waals surface area (Å²) in [7, 11) is 0. The molecule has 0 unspecified atom stereocenters. The second-order valence-corrected chi connectivity index (χ2v) is 5.25. The molecule has 3 rings (SSSR count). The minimum absolute atomic E-state index is 0.0700. The third-order valence-electron chi connectivity index (χ3n) is 3.03. The van der Waals surface area contributed by atoms with E-state index < -0.39 is 0 Å². The maximum absolute atomic E-state index is 13.3. The summed E-state index contributed by atoms with van der Waals surface area (Å²) in [6.45, 7) is 0. The number of H-pyrrole nitrogens is 1. The van der Waals surface area contributed by atoms with E-state index in [-0.39, 0.29) is 11.7 Å². The van der Waals surface area contributed by atoms with Crippen molar-refractivity contribution in [2.75, 3.05) is 0 Å². The van der Waals surface area contributed by atoms with Gasteiger partial charge in [-0.2, -0.15) is 0 Å². The molecule has 21 heavy (non-hydrogen) atoms. The molecular formula is C15H9Cl2FN2O. The lowest BCUT2D eigenvalue weighted by Gasteiger charge is -1.97. The van der Waals surface area contributed by atoms with Crippen molar-refractivity contribution in [1.29, 1.82) is 0 Å². The lowest BCUT2D eigenvalue weighted by molar-refractivity contribution is 0.457. The largest absolute Gasteiger partial charge is 0.494 e. The molecule has 0 saturated carbocycles. The van der Waals surface area contributed by atoms with Gasteiger partial charge in [-0.1, -0.05) is 23.2 Å². The monoisotopic (exact) mass is 322 g/mol. The number of aliphatic imine (C=N–C) groups is 1. The van der Waals surface area contributed by atoms with E-state index >= 15 is 0 Å². The van der Waals surface area contributed by atoms with Crippen LogP contribution in [0.3, 0.4) is 0 Å². The number of halogens is 3. The van der Waals surface area contributed by atoms with Crippen LogP contribution in [0.2, 0.25) is 10.0 Å². The molecule has 0 spiro atoms. The van der Waals surface area contributed by atoms with E-state index in [9.17, 15) is 9.50 Å². The SMILES string of the molecule is Oc1[nH]c2ccc(F)cc2c1C=Nc1ccc(Cl)c(Cl)c1. The average molecular weight is 323 g/mol. The maximum atomic E-state index is 13.3. The van der Waals surface area contributed by atoms with Crippen molar-refractivity contribution >= 4 is 46.0 Å². The van der Waals surface area contributed by atoms with Crippen molar-refractivity contribution in [3.05, 3.63) is 57.8 Å². The van der Waals surface area contributed by atoms with Crippen LogP contribution in [0.4, 0.5) is 10.1 Å². The van der Waals surface area contributed by atoms with Gasteiger partial charge in [-0.15, -0.1) is 0 Å². The molecule has 1 aromatic heterocycles. The lowest BCUT2D eigenvalue weighted by atomic mass is 10.2. The third kappa shape index (κ3) is 2.73. The normalized spacial score (nSPS) is 11.6. The Morgan fingerprint density at radius 1 is 1.10 bits per heavy atom. The topological polar surface area (TPSA) is 48.4 Å². The molecule has 0 aliphatic carbocycles. The van der Waals surface area contributed by atoms with Crippen LogP contribution >= 0.6 is 23.2 Å². The Balaban J connectivity index is 2.04. The van der Waals surface area contributed by atoms with Crippen molar-refractivity contribution in [3.8, 4) is 5.88 Å². The summed E-state index contributed by atoms with van der Waals surface area (Å²) in [5.74, 6) is -0.454. The molecule has 2 N–H and O–H groups in total. The Morgan fingerprint density at radius 2 is 1.90 bits per heavy atom. The summed E-state index contributed by atoms with van der Waals surface area (Å²) in [4.78, 5) is 6.98. The van der Waals surface area contributed by atoms with Crippen molar-refractivity contribution in [1.82, 2.24) is 4.98 Å². The number of aromatic nitrogens is 1. The first-order chi connectivity index (χ1) is 10.0. The Kier molecular flexibility index (Phi) is 3.57. The van der Waals surface area contributed by atoms with Crippen LogP contribution in [0.5, 0.6) is 5.88 Å². The predicted molar refractivity (Wildman–Crippen MR) is 83.6 cm³/mol. The molecule has 0 saturated heterocycles. The van der Waals surface area contributed by atoms with E-state index in [0.29, 0.717) is 32.2 Å². The van der Waals surface area contributed by atoms with Gasteiger partial charge in [0.15, 0.2) is 5.88 Å². The summed E-state index contributed by atoms with van der Waals surface area (Å²) in [5, 5.41) is 11.3. The van der Waals surface area contributed by atoms with Gasteiger partial charge in [0.25, 0.3) is 0 Å². The highest BCUT2D eigenvalue weighted by molar-refractivity contribution is 6.42.